The highest BCUT2D eigenvalue weighted by Gasteiger charge is 2.13. The first kappa shape index (κ1) is 20.0. The van der Waals surface area contributed by atoms with E-state index in [1.54, 1.807) is 31.4 Å². The second-order valence-corrected chi connectivity index (χ2v) is 7.46. The van der Waals surface area contributed by atoms with Crippen molar-refractivity contribution < 1.29 is 13.9 Å². The van der Waals surface area contributed by atoms with Gasteiger partial charge in [0.25, 0.3) is 5.56 Å². The molecule has 1 heterocycles. The van der Waals surface area contributed by atoms with E-state index in [4.69, 9.17) is 9.47 Å². The van der Waals surface area contributed by atoms with E-state index in [1.807, 2.05) is 36.4 Å². The topological polar surface area (TPSA) is 53.4 Å². The molecule has 0 aliphatic carbocycles. The van der Waals surface area contributed by atoms with Gasteiger partial charge in [0, 0.05) is 5.75 Å². The molecule has 0 saturated heterocycles. The van der Waals surface area contributed by atoms with Crippen LogP contribution in [0.3, 0.4) is 0 Å². The average Bonchev–Trinajstić information content (AvgIpc) is 2.78. The van der Waals surface area contributed by atoms with Gasteiger partial charge in [0.15, 0.2) is 5.16 Å². The van der Waals surface area contributed by atoms with Gasteiger partial charge in [0.1, 0.15) is 17.3 Å². The quantitative estimate of drug-likeness (QED) is 0.245. The number of methoxy groups -OCH3 is 1. The molecule has 30 heavy (non-hydrogen) atoms. The lowest BCUT2D eigenvalue weighted by Gasteiger charge is -2.13. The zero-order valence-corrected chi connectivity index (χ0v) is 17.1. The van der Waals surface area contributed by atoms with Crippen molar-refractivity contribution in [2.24, 2.45) is 0 Å². The third-order valence-electron chi connectivity index (χ3n) is 4.47. The number of halogens is 1. The van der Waals surface area contributed by atoms with Crippen LogP contribution < -0.4 is 15.0 Å². The van der Waals surface area contributed by atoms with Crippen molar-refractivity contribution in [3.8, 4) is 17.2 Å². The summed E-state index contributed by atoms with van der Waals surface area (Å²) in [6, 6.07) is 20.4. The summed E-state index contributed by atoms with van der Waals surface area (Å²) in [6.07, 6.45) is 0. The summed E-state index contributed by atoms with van der Waals surface area (Å²) in [7, 11) is 1.61. The third kappa shape index (κ3) is 4.31. The van der Waals surface area contributed by atoms with Crippen molar-refractivity contribution >= 4 is 22.7 Å². The van der Waals surface area contributed by atoms with Crippen molar-refractivity contribution in [1.82, 2.24) is 9.55 Å². The maximum Gasteiger partial charge on any atom is 0.266 e. The Morgan fingerprint density at radius 2 is 1.67 bits per heavy atom. The zero-order valence-electron chi connectivity index (χ0n) is 16.2. The zero-order chi connectivity index (χ0) is 20.9. The molecule has 0 radical (unpaired) electrons. The number of benzene rings is 3. The minimum absolute atomic E-state index is 0.189. The maximum absolute atomic E-state index is 13.4. The predicted molar refractivity (Wildman–Crippen MR) is 117 cm³/mol. The monoisotopic (exact) mass is 422 g/mol. The van der Waals surface area contributed by atoms with Crippen LogP contribution in [0.4, 0.5) is 4.39 Å². The van der Waals surface area contributed by atoms with Gasteiger partial charge in [-0.15, -0.1) is 0 Å². The highest BCUT2D eigenvalue weighted by molar-refractivity contribution is 7.99. The molecule has 5 nitrogen and oxygen atoms in total. The Hall–Kier alpha value is -3.32. The standard InChI is InChI=1S/C23H19FN2O3S/c1-28-18-10-12-19(13-11-18)29-14-15-30-23-25-21-5-3-2-4-20(21)22(27)26(23)17-8-6-16(24)7-9-17/h2-13H,14-15H2,1H3. The number of thioether (sulfide) groups is 1. The lowest BCUT2D eigenvalue weighted by atomic mass is 10.2. The molecule has 3 aromatic carbocycles. The van der Waals surface area contributed by atoms with Crippen LogP contribution in [0.2, 0.25) is 0 Å². The third-order valence-corrected chi connectivity index (χ3v) is 5.38. The van der Waals surface area contributed by atoms with Gasteiger partial charge in [-0.1, -0.05) is 23.9 Å². The molecule has 0 spiro atoms. The van der Waals surface area contributed by atoms with E-state index in [2.05, 4.69) is 4.98 Å². The number of hydrogen-bond donors (Lipinski definition) is 0. The van der Waals surface area contributed by atoms with Gasteiger partial charge in [0.2, 0.25) is 0 Å². The highest BCUT2D eigenvalue weighted by Crippen LogP contribution is 2.22. The Bertz CT molecular complexity index is 1210. The molecule has 0 fully saturated rings. The predicted octanol–water partition coefficient (Wildman–Crippen LogP) is 4.70. The Labute approximate surface area is 177 Å². The van der Waals surface area contributed by atoms with E-state index in [0.717, 1.165) is 11.5 Å². The molecular weight excluding hydrogens is 403 g/mol. The normalized spacial score (nSPS) is 10.9. The molecule has 0 amide bonds. The summed E-state index contributed by atoms with van der Waals surface area (Å²) >= 11 is 1.41. The average molecular weight is 422 g/mol. The minimum Gasteiger partial charge on any atom is -0.497 e. The number of ether oxygens (including phenoxy) is 2. The largest absolute Gasteiger partial charge is 0.497 e. The lowest BCUT2D eigenvalue weighted by Crippen LogP contribution is -2.22. The first-order chi connectivity index (χ1) is 14.7. The van der Waals surface area contributed by atoms with E-state index >= 15 is 0 Å². The molecule has 0 saturated carbocycles. The summed E-state index contributed by atoms with van der Waals surface area (Å²) in [5.74, 6) is 1.72. The van der Waals surface area contributed by atoms with Crippen molar-refractivity contribution in [2.45, 2.75) is 5.16 Å². The van der Waals surface area contributed by atoms with Crippen molar-refractivity contribution in [2.75, 3.05) is 19.5 Å². The maximum atomic E-state index is 13.4. The minimum atomic E-state index is -0.359. The molecule has 0 bridgehead atoms. The fourth-order valence-corrected chi connectivity index (χ4v) is 3.82. The molecule has 0 N–H and O–H groups in total. The van der Waals surface area contributed by atoms with Gasteiger partial charge >= 0.3 is 0 Å². The Kier molecular flexibility index (Phi) is 5.99. The molecule has 7 heteroatoms. The van der Waals surface area contributed by atoms with Gasteiger partial charge in [-0.05, 0) is 60.7 Å². The number of fused-ring (bicyclic) bond motifs is 1. The van der Waals surface area contributed by atoms with Crippen LogP contribution in [-0.2, 0) is 0 Å². The van der Waals surface area contributed by atoms with Gasteiger partial charge in [-0.2, -0.15) is 0 Å². The van der Waals surface area contributed by atoms with E-state index in [0.29, 0.717) is 34.1 Å². The summed E-state index contributed by atoms with van der Waals surface area (Å²) < 4.78 is 25.8. The molecule has 4 rings (SSSR count). The van der Waals surface area contributed by atoms with Crippen LogP contribution in [-0.4, -0.2) is 29.0 Å². The number of para-hydroxylation sites is 1. The van der Waals surface area contributed by atoms with E-state index in [-0.39, 0.29) is 11.4 Å². The van der Waals surface area contributed by atoms with Crippen molar-refractivity contribution in [3.05, 3.63) is 89.0 Å². The smallest absolute Gasteiger partial charge is 0.266 e. The molecule has 152 valence electrons. The van der Waals surface area contributed by atoms with Gasteiger partial charge in [-0.3, -0.25) is 9.36 Å². The molecule has 0 aliphatic rings. The number of nitrogens with zero attached hydrogens (tertiary/aromatic N) is 2. The Morgan fingerprint density at radius 3 is 2.40 bits per heavy atom. The Morgan fingerprint density at radius 1 is 0.967 bits per heavy atom. The van der Waals surface area contributed by atoms with Gasteiger partial charge < -0.3 is 9.47 Å². The van der Waals surface area contributed by atoms with E-state index in [1.165, 1.54) is 28.5 Å². The summed E-state index contributed by atoms with van der Waals surface area (Å²) in [5.41, 5.74) is 1.00. The van der Waals surface area contributed by atoms with Crippen molar-refractivity contribution in [3.63, 3.8) is 0 Å². The van der Waals surface area contributed by atoms with Crippen LogP contribution >= 0.6 is 11.8 Å². The molecule has 4 aromatic rings. The fraction of sp³-hybridized carbons (Fsp3) is 0.130. The Balaban J connectivity index is 1.58. The number of rotatable bonds is 7. The van der Waals surface area contributed by atoms with E-state index < -0.39 is 0 Å². The summed E-state index contributed by atoms with van der Waals surface area (Å²) in [4.78, 5) is 17.8. The first-order valence-corrected chi connectivity index (χ1v) is 10.3. The fourth-order valence-electron chi connectivity index (χ4n) is 2.99. The number of hydrogen-bond acceptors (Lipinski definition) is 5. The summed E-state index contributed by atoms with van der Waals surface area (Å²) in [5, 5.41) is 1.05. The van der Waals surface area contributed by atoms with Gasteiger partial charge in [0.05, 0.1) is 30.3 Å². The molecule has 1 aromatic heterocycles. The van der Waals surface area contributed by atoms with Crippen molar-refractivity contribution in [1.29, 1.82) is 0 Å². The van der Waals surface area contributed by atoms with Crippen LogP contribution in [0.5, 0.6) is 11.5 Å². The van der Waals surface area contributed by atoms with Crippen LogP contribution in [0.15, 0.2) is 82.7 Å². The molecular formula is C23H19FN2O3S. The molecule has 0 unspecified atom stereocenters. The van der Waals surface area contributed by atoms with Crippen LogP contribution in [0, 0.1) is 5.82 Å². The molecule has 0 atom stereocenters. The second kappa shape index (κ2) is 9.00. The van der Waals surface area contributed by atoms with Crippen LogP contribution in [0.1, 0.15) is 0 Å². The molecule has 0 aliphatic heterocycles. The van der Waals surface area contributed by atoms with Crippen LogP contribution in [0.25, 0.3) is 16.6 Å². The van der Waals surface area contributed by atoms with Gasteiger partial charge in [-0.25, -0.2) is 9.37 Å². The lowest BCUT2D eigenvalue weighted by molar-refractivity contribution is 0.342. The summed E-state index contributed by atoms with van der Waals surface area (Å²) in [6.45, 7) is 0.434. The highest BCUT2D eigenvalue weighted by atomic mass is 32.2. The first-order valence-electron chi connectivity index (χ1n) is 9.33. The second-order valence-electron chi connectivity index (χ2n) is 6.40. The SMILES string of the molecule is COc1ccc(OCCSc2nc3ccccc3c(=O)n2-c2ccc(F)cc2)cc1. The number of aromatic nitrogens is 2. The van der Waals surface area contributed by atoms with E-state index in [9.17, 15) is 9.18 Å².